The molecule has 0 radical (unpaired) electrons. The largest absolute Gasteiger partial charge is 0.306 e. The van der Waals surface area contributed by atoms with Gasteiger partial charge in [0.05, 0.1) is 0 Å². The van der Waals surface area contributed by atoms with E-state index in [0.29, 0.717) is 0 Å². The van der Waals surface area contributed by atoms with Gasteiger partial charge in [0, 0.05) is 0 Å². The molecule has 0 aliphatic carbocycles. The van der Waals surface area contributed by atoms with Crippen molar-refractivity contribution in [3.8, 4) is 0 Å². The monoisotopic (exact) mass is 377 g/mol. The SMILES string of the molecule is C.C.C.C.C.CN1CCCC1.CN1CCCCC1.CN1CCCCCC1. The van der Waals surface area contributed by atoms with E-state index in [9.17, 15) is 0 Å². The summed E-state index contributed by atoms with van der Waals surface area (Å²) in [6, 6.07) is 0. The second-order valence-electron chi connectivity index (χ2n) is 7.09. The molecule has 0 N–H and O–H groups in total. The summed E-state index contributed by atoms with van der Waals surface area (Å²) in [5, 5.41) is 0. The number of piperidine rings is 1. The van der Waals surface area contributed by atoms with Gasteiger partial charge in [0.2, 0.25) is 0 Å². The van der Waals surface area contributed by atoms with Crippen LogP contribution in [0.1, 0.15) is 94.9 Å². The van der Waals surface area contributed by atoms with Crippen molar-refractivity contribution in [2.24, 2.45) is 0 Å². The van der Waals surface area contributed by atoms with Gasteiger partial charge in [-0.25, -0.2) is 0 Å². The maximum absolute atomic E-state index is 2.42. The Morgan fingerprint density at radius 3 is 0.654 bits per heavy atom. The molecule has 0 atom stereocenters. The van der Waals surface area contributed by atoms with E-state index in [-0.39, 0.29) is 37.1 Å². The Bertz CT molecular complexity index is 213. The van der Waals surface area contributed by atoms with Crippen LogP contribution in [-0.4, -0.2) is 75.1 Å². The molecule has 0 aromatic rings. The molecule has 3 rings (SSSR count). The highest BCUT2D eigenvalue weighted by Crippen LogP contribution is 2.06. The van der Waals surface area contributed by atoms with Gasteiger partial charge in [-0.15, -0.1) is 0 Å². The van der Waals surface area contributed by atoms with Crippen LogP contribution in [-0.2, 0) is 0 Å². The summed E-state index contributed by atoms with van der Waals surface area (Å²) >= 11 is 0. The fourth-order valence-corrected chi connectivity index (χ4v) is 3.16. The van der Waals surface area contributed by atoms with E-state index in [1.54, 1.807) is 0 Å². The van der Waals surface area contributed by atoms with Crippen molar-refractivity contribution in [2.45, 2.75) is 94.9 Å². The van der Waals surface area contributed by atoms with Crippen LogP contribution in [0, 0.1) is 0 Å². The molecule has 3 aliphatic rings. The van der Waals surface area contributed by atoms with Gasteiger partial charge in [-0.2, -0.15) is 0 Å². The zero-order valence-corrected chi connectivity index (χ0v) is 14.9. The standard InChI is InChI=1S/C7H15N.C6H13N.C5H11N.5CH4/c1-8-6-4-2-3-5-7-8;1-7-5-3-2-4-6-7;1-6-4-2-3-5-6;;;;;/h2-7H2,1H3;2-6H2,1H3;2-5H2,1H3;5*1H4. The molecule has 166 valence electrons. The molecule has 3 fully saturated rings. The van der Waals surface area contributed by atoms with E-state index in [4.69, 9.17) is 0 Å². The Balaban J connectivity index is -0.0000000779. The molecular formula is C23H59N3. The predicted octanol–water partition coefficient (Wildman–Crippen LogP) is 6.49. The minimum atomic E-state index is 0. The van der Waals surface area contributed by atoms with Crippen LogP contribution in [0.5, 0.6) is 0 Å². The summed E-state index contributed by atoms with van der Waals surface area (Å²) in [7, 11) is 6.58. The van der Waals surface area contributed by atoms with Gasteiger partial charge >= 0.3 is 0 Å². The van der Waals surface area contributed by atoms with Crippen LogP contribution in [0.2, 0.25) is 0 Å². The van der Waals surface area contributed by atoms with E-state index in [1.807, 2.05) is 0 Å². The molecule has 3 saturated heterocycles. The van der Waals surface area contributed by atoms with Gasteiger partial charge in [-0.1, -0.05) is 56.4 Å². The van der Waals surface area contributed by atoms with Crippen molar-refractivity contribution in [3.63, 3.8) is 0 Å². The summed E-state index contributed by atoms with van der Waals surface area (Å²) in [5.74, 6) is 0. The molecule has 0 amide bonds. The minimum Gasteiger partial charge on any atom is -0.306 e. The fourth-order valence-electron chi connectivity index (χ4n) is 3.16. The van der Waals surface area contributed by atoms with Crippen LogP contribution < -0.4 is 0 Å². The smallest absolute Gasteiger partial charge is 0.00213 e. The number of likely N-dealkylation sites (tertiary alicyclic amines) is 3. The third kappa shape index (κ3) is 21.9. The third-order valence-electron chi connectivity index (χ3n) is 4.74. The number of hydrogen-bond donors (Lipinski definition) is 0. The van der Waals surface area contributed by atoms with Gasteiger partial charge < -0.3 is 14.7 Å². The van der Waals surface area contributed by atoms with Crippen molar-refractivity contribution < 1.29 is 0 Å². The topological polar surface area (TPSA) is 9.72 Å². The van der Waals surface area contributed by atoms with Crippen molar-refractivity contribution >= 4 is 0 Å². The lowest BCUT2D eigenvalue weighted by molar-refractivity contribution is 0.277. The van der Waals surface area contributed by atoms with Crippen molar-refractivity contribution in [3.05, 3.63) is 0 Å². The zero-order valence-electron chi connectivity index (χ0n) is 14.9. The van der Waals surface area contributed by atoms with Gasteiger partial charge in [-0.05, 0) is 98.9 Å². The highest BCUT2D eigenvalue weighted by atomic mass is 15.1. The zero-order chi connectivity index (χ0) is 15.3. The average molecular weight is 378 g/mol. The Kier molecular flexibility index (Phi) is 35.2. The highest BCUT2D eigenvalue weighted by Gasteiger charge is 2.03. The predicted molar refractivity (Wildman–Crippen MR) is 128 cm³/mol. The van der Waals surface area contributed by atoms with Crippen LogP contribution in [0.15, 0.2) is 0 Å². The Labute approximate surface area is 170 Å². The first-order valence-electron chi connectivity index (χ1n) is 9.24. The first kappa shape index (κ1) is 36.7. The van der Waals surface area contributed by atoms with E-state index < -0.39 is 0 Å². The van der Waals surface area contributed by atoms with E-state index in [2.05, 4.69) is 35.8 Å². The van der Waals surface area contributed by atoms with E-state index in [1.165, 1.54) is 97.1 Å². The molecule has 0 spiro atoms. The molecule has 0 aromatic carbocycles. The molecule has 3 nitrogen and oxygen atoms in total. The van der Waals surface area contributed by atoms with E-state index >= 15 is 0 Å². The summed E-state index contributed by atoms with van der Waals surface area (Å²) in [6.07, 6.45) is 12.8. The molecule has 3 heterocycles. The molecule has 0 aromatic heterocycles. The van der Waals surface area contributed by atoms with Gasteiger partial charge in [-0.3, -0.25) is 0 Å². The highest BCUT2D eigenvalue weighted by molar-refractivity contribution is 4.59. The second-order valence-corrected chi connectivity index (χ2v) is 7.09. The number of rotatable bonds is 0. The van der Waals surface area contributed by atoms with Crippen molar-refractivity contribution in [2.75, 3.05) is 60.4 Å². The molecule has 0 bridgehead atoms. The van der Waals surface area contributed by atoms with E-state index in [0.717, 1.165) is 0 Å². The Hall–Kier alpha value is -0.120. The molecule has 3 heteroatoms. The minimum absolute atomic E-state index is 0. The van der Waals surface area contributed by atoms with Gasteiger partial charge in [0.1, 0.15) is 0 Å². The Morgan fingerprint density at radius 2 is 0.462 bits per heavy atom. The van der Waals surface area contributed by atoms with Crippen LogP contribution in [0.4, 0.5) is 0 Å². The quantitative estimate of drug-likeness (QED) is 0.478. The first-order chi connectivity index (χ1) is 10.2. The second kappa shape index (κ2) is 24.9. The summed E-state index contributed by atoms with van der Waals surface area (Å²) in [4.78, 5) is 7.18. The summed E-state index contributed by atoms with van der Waals surface area (Å²) < 4.78 is 0. The van der Waals surface area contributed by atoms with Crippen molar-refractivity contribution in [1.29, 1.82) is 0 Å². The molecule has 26 heavy (non-hydrogen) atoms. The van der Waals surface area contributed by atoms with Gasteiger partial charge in [0.25, 0.3) is 0 Å². The van der Waals surface area contributed by atoms with Crippen LogP contribution >= 0.6 is 0 Å². The average Bonchev–Trinajstić information content (AvgIpc) is 2.83. The summed E-state index contributed by atoms with van der Waals surface area (Å²) in [6.45, 7) is 7.92. The molecule has 0 saturated carbocycles. The molecule has 3 aliphatic heterocycles. The number of nitrogens with zero attached hydrogens (tertiary/aromatic N) is 3. The lowest BCUT2D eigenvalue weighted by Crippen LogP contribution is -2.24. The maximum atomic E-state index is 2.42. The molecule has 0 unspecified atom stereocenters. The fraction of sp³-hybridized carbons (Fsp3) is 1.00. The van der Waals surface area contributed by atoms with Crippen LogP contribution in [0.25, 0.3) is 0 Å². The summed E-state index contributed by atoms with van der Waals surface area (Å²) in [5.41, 5.74) is 0. The number of hydrogen-bond acceptors (Lipinski definition) is 3. The molecular weight excluding hydrogens is 318 g/mol. The first-order valence-corrected chi connectivity index (χ1v) is 9.24. The van der Waals surface area contributed by atoms with Crippen molar-refractivity contribution in [1.82, 2.24) is 14.7 Å². The third-order valence-corrected chi connectivity index (χ3v) is 4.74. The maximum Gasteiger partial charge on any atom is -0.00213 e. The lowest BCUT2D eigenvalue weighted by Gasteiger charge is -2.20. The Morgan fingerprint density at radius 1 is 0.308 bits per heavy atom. The normalized spacial score (nSPS) is 20.4. The van der Waals surface area contributed by atoms with Gasteiger partial charge in [0.15, 0.2) is 0 Å². The lowest BCUT2D eigenvalue weighted by atomic mass is 10.1. The van der Waals surface area contributed by atoms with Crippen LogP contribution in [0.3, 0.4) is 0 Å².